The Morgan fingerprint density at radius 2 is 2.40 bits per heavy atom. The minimum Gasteiger partial charge on any atom is -0.447 e. The predicted molar refractivity (Wildman–Crippen MR) is 53.9 cm³/mol. The summed E-state index contributed by atoms with van der Waals surface area (Å²) >= 11 is 0. The largest absolute Gasteiger partial charge is 0.447 e. The van der Waals surface area contributed by atoms with Crippen molar-refractivity contribution in [1.29, 1.82) is 0 Å². The lowest BCUT2D eigenvalue weighted by Crippen LogP contribution is -2.32. The highest BCUT2D eigenvalue weighted by Gasteiger charge is 2.28. The average molecular weight is 209 g/mol. The monoisotopic (exact) mass is 209 g/mol. The van der Waals surface area contributed by atoms with E-state index in [9.17, 15) is 4.79 Å². The van der Waals surface area contributed by atoms with Crippen molar-refractivity contribution in [2.45, 2.75) is 19.4 Å². The molecule has 1 amide bonds. The van der Waals surface area contributed by atoms with Gasteiger partial charge >= 0.3 is 0 Å². The normalized spacial score (nSPS) is 15.2. The van der Waals surface area contributed by atoms with Gasteiger partial charge in [-0.2, -0.15) is 0 Å². The van der Waals surface area contributed by atoms with Crippen LogP contribution in [-0.4, -0.2) is 24.0 Å². The maximum atomic E-state index is 11.2. The van der Waals surface area contributed by atoms with E-state index in [2.05, 4.69) is 15.6 Å². The van der Waals surface area contributed by atoms with Crippen molar-refractivity contribution in [3.05, 3.63) is 18.4 Å². The molecule has 0 aliphatic heterocycles. The number of hydrogen-bond donors (Lipinski definition) is 2. The number of carbonyl (C=O) groups is 1. The van der Waals surface area contributed by atoms with Crippen LogP contribution in [0.5, 0.6) is 0 Å². The summed E-state index contributed by atoms with van der Waals surface area (Å²) in [6.45, 7) is 2.07. The lowest BCUT2D eigenvalue weighted by Gasteiger charge is -2.04. The molecule has 1 aromatic heterocycles. The molecule has 0 unspecified atom stereocenters. The van der Waals surface area contributed by atoms with Gasteiger partial charge in [0, 0.05) is 19.0 Å². The minimum atomic E-state index is 0.191. The summed E-state index contributed by atoms with van der Waals surface area (Å²) in [6.07, 6.45) is 5.19. The van der Waals surface area contributed by atoms with Crippen LogP contribution >= 0.6 is 0 Å². The first kappa shape index (κ1) is 10.2. The highest BCUT2D eigenvalue weighted by Crippen LogP contribution is 2.28. The van der Waals surface area contributed by atoms with Crippen LogP contribution in [0, 0.1) is 5.92 Å². The van der Waals surface area contributed by atoms with Crippen LogP contribution in [0.2, 0.25) is 0 Å². The number of rotatable bonds is 6. The van der Waals surface area contributed by atoms with Gasteiger partial charge in [-0.25, -0.2) is 4.98 Å². The summed E-state index contributed by atoms with van der Waals surface area (Å²) < 4.78 is 5.05. The topological polar surface area (TPSA) is 67.2 Å². The van der Waals surface area contributed by atoms with Crippen molar-refractivity contribution >= 4 is 5.91 Å². The lowest BCUT2D eigenvalue weighted by molar-refractivity contribution is -0.122. The summed E-state index contributed by atoms with van der Waals surface area (Å²) in [6, 6.07) is 0. The number of oxazole rings is 1. The molecule has 1 heterocycles. The molecule has 0 saturated heterocycles. The number of nitrogens with zero attached hydrogens (tertiary/aromatic N) is 1. The van der Waals surface area contributed by atoms with Crippen LogP contribution in [0.15, 0.2) is 17.0 Å². The maximum Gasteiger partial charge on any atom is 0.223 e. The summed E-state index contributed by atoms with van der Waals surface area (Å²) in [5.41, 5.74) is 0. The van der Waals surface area contributed by atoms with Crippen molar-refractivity contribution in [2.75, 3.05) is 13.1 Å². The molecule has 0 atom stereocenters. The molecule has 1 aromatic rings. The Balaban J connectivity index is 1.50. The van der Waals surface area contributed by atoms with E-state index < -0.39 is 0 Å². The fourth-order valence-corrected chi connectivity index (χ4v) is 1.30. The van der Waals surface area contributed by atoms with E-state index in [1.165, 1.54) is 6.39 Å². The molecule has 1 aliphatic carbocycles. The fourth-order valence-electron chi connectivity index (χ4n) is 1.30. The third-order valence-electron chi connectivity index (χ3n) is 2.33. The standard InChI is InChI=1S/C10H15N3O2/c14-10(8-1-2-8)13-4-3-11-5-9-6-12-7-15-9/h6-8,11H,1-5H2,(H,13,14). The third-order valence-corrected chi connectivity index (χ3v) is 2.33. The summed E-state index contributed by atoms with van der Waals surface area (Å²) in [4.78, 5) is 15.0. The molecule has 1 aliphatic rings. The Labute approximate surface area is 88.3 Å². The zero-order chi connectivity index (χ0) is 10.5. The SMILES string of the molecule is O=C(NCCNCc1cnco1)C1CC1. The second kappa shape index (κ2) is 4.93. The summed E-state index contributed by atoms with van der Waals surface area (Å²) in [5.74, 6) is 1.29. The molecule has 5 nitrogen and oxygen atoms in total. The molecule has 1 fully saturated rings. The van der Waals surface area contributed by atoms with Gasteiger partial charge in [0.1, 0.15) is 5.76 Å². The number of amides is 1. The zero-order valence-corrected chi connectivity index (χ0v) is 8.53. The van der Waals surface area contributed by atoms with Gasteiger partial charge in [-0.15, -0.1) is 0 Å². The number of hydrogen-bond acceptors (Lipinski definition) is 4. The smallest absolute Gasteiger partial charge is 0.223 e. The van der Waals surface area contributed by atoms with Crippen LogP contribution < -0.4 is 10.6 Å². The molecule has 2 N–H and O–H groups in total. The molecule has 2 rings (SSSR count). The highest BCUT2D eigenvalue weighted by atomic mass is 16.3. The van der Waals surface area contributed by atoms with E-state index in [0.29, 0.717) is 19.0 Å². The minimum absolute atomic E-state index is 0.191. The van der Waals surface area contributed by atoms with Crippen molar-refractivity contribution in [3.8, 4) is 0 Å². The second-order valence-corrected chi connectivity index (χ2v) is 3.71. The first-order chi connectivity index (χ1) is 7.36. The molecular formula is C10H15N3O2. The molecule has 5 heteroatoms. The van der Waals surface area contributed by atoms with Gasteiger partial charge < -0.3 is 15.1 Å². The second-order valence-electron chi connectivity index (χ2n) is 3.71. The van der Waals surface area contributed by atoms with Gasteiger partial charge in [-0.3, -0.25) is 4.79 Å². The molecule has 82 valence electrons. The van der Waals surface area contributed by atoms with Gasteiger partial charge in [0.15, 0.2) is 6.39 Å². The van der Waals surface area contributed by atoms with E-state index in [1.807, 2.05) is 0 Å². The molecular weight excluding hydrogens is 194 g/mol. The molecule has 1 saturated carbocycles. The predicted octanol–water partition coefficient (Wildman–Crippen LogP) is 0.290. The van der Waals surface area contributed by atoms with E-state index in [1.54, 1.807) is 6.20 Å². The molecule has 0 aromatic carbocycles. The summed E-state index contributed by atoms with van der Waals surface area (Å²) in [5, 5.41) is 6.03. The van der Waals surface area contributed by atoms with Gasteiger partial charge in [-0.05, 0) is 12.8 Å². The van der Waals surface area contributed by atoms with Crippen molar-refractivity contribution in [2.24, 2.45) is 5.92 Å². The quantitative estimate of drug-likeness (QED) is 0.661. The van der Waals surface area contributed by atoms with E-state index in [4.69, 9.17) is 4.42 Å². The lowest BCUT2D eigenvalue weighted by atomic mass is 10.4. The van der Waals surface area contributed by atoms with E-state index in [-0.39, 0.29) is 5.91 Å². The van der Waals surface area contributed by atoms with Crippen LogP contribution in [0.3, 0.4) is 0 Å². The zero-order valence-electron chi connectivity index (χ0n) is 8.53. The van der Waals surface area contributed by atoms with Crippen LogP contribution in [-0.2, 0) is 11.3 Å². The fraction of sp³-hybridized carbons (Fsp3) is 0.600. The Hall–Kier alpha value is -1.36. The van der Waals surface area contributed by atoms with Crippen molar-refractivity contribution < 1.29 is 9.21 Å². The molecule has 15 heavy (non-hydrogen) atoms. The first-order valence-corrected chi connectivity index (χ1v) is 5.22. The Bertz CT molecular complexity index is 306. The number of nitrogens with one attached hydrogen (secondary N) is 2. The number of aromatic nitrogens is 1. The molecule has 0 radical (unpaired) electrons. The average Bonchev–Trinajstić information content (AvgIpc) is 2.97. The maximum absolute atomic E-state index is 11.2. The van der Waals surface area contributed by atoms with E-state index in [0.717, 1.165) is 25.1 Å². The van der Waals surface area contributed by atoms with E-state index >= 15 is 0 Å². The van der Waals surface area contributed by atoms with Gasteiger partial charge in [0.05, 0.1) is 12.7 Å². The highest BCUT2D eigenvalue weighted by molar-refractivity contribution is 5.80. The first-order valence-electron chi connectivity index (χ1n) is 5.22. The Morgan fingerprint density at radius 1 is 1.53 bits per heavy atom. The van der Waals surface area contributed by atoms with Crippen LogP contribution in [0.4, 0.5) is 0 Å². The summed E-state index contributed by atoms with van der Waals surface area (Å²) in [7, 11) is 0. The molecule has 0 bridgehead atoms. The van der Waals surface area contributed by atoms with Crippen molar-refractivity contribution in [1.82, 2.24) is 15.6 Å². The van der Waals surface area contributed by atoms with Crippen LogP contribution in [0.25, 0.3) is 0 Å². The van der Waals surface area contributed by atoms with Crippen molar-refractivity contribution in [3.63, 3.8) is 0 Å². The Morgan fingerprint density at radius 3 is 3.07 bits per heavy atom. The van der Waals surface area contributed by atoms with Gasteiger partial charge in [0.25, 0.3) is 0 Å². The number of carbonyl (C=O) groups excluding carboxylic acids is 1. The van der Waals surface area contributed by atoms with Gasteiger partial charge in [-0.1, -0.05) is 0 Å². The Kier molecular flexibility index (Phi) is 3.34. The van der Waals surface area contributed by atoms with Gasteiger partial charge in [0.2, 0.25) is 5.91 Å². The van der Waals surface area contributed by atoms with Crippen LogP contribution in [0.1, 0.15) is 18.6 Å². The third kappa shape index (κ3) is 3.36. The molecule has 0 spiro atoms.